The highest BCUT2D eigenvalue weighted by Gasteiger charge is 2.46. The van der Waals surface area contributed by atoms with Gasteiger partial charge in [-0.15, -0.1) is 0 Å². The summed E-state index contributed by atoms with van der Waals surface area (Å²) in [6.07, 6.45) is 6.50. The fraction of sp³-hybridized carbons (Fsp3) is 0.682. The molecular formula is C22H34INO4S. The Morgan fingerprint density at radius 1 is 1.07 bits per heavy atom. The SMILES string of the molecule is COOSc1ccc(C(C)(C(=O)OC2CC[N+](C)(C)CC2)C2CCCC2)cc1.[I-]. The molecule has 2 aliphatic rings. The highest BCUT2D eigenvalue weighted by Crippen LogP contribution is 2.44. The van der Waals surface area contributed by atoms with Crippen LogP contribution in [0.25, 0.3) is 0 Å². The lowest BCUT2D eigenvalue weighted by molar-refractivity contribution is -0.896. The highest BCUT2D eigenvalue weighted by atomic mass is 127. The fourth-order valence-electron chi connectivity index (χ4n) is 4.59. The minimum absolute atomic E-state index is 0. The molecule has 0 bridgehead atoms. The fourth-order valence-corrected chi connectivity index (χ4v) is 4.98. The first-order chi connectivity index (χ1) is 13.3. The molecular weight excluding hydrogens is 501 g/mol. The molecule has 29 heavy (non-hydrogen) atoms. The number of nitrogens with zero attached hydrogens (tertiary/aromatic N) is 1. The van der Waals surface area contributed by atoms with E-state index in [1.807, 2.05) is 24.3 Å². The second-order valence-corrected chi connectivity index (χ2v) is 9.79. The van der Waals surface area contributed by atoms with Crippen molar-refractivity contribution in [3.05, 3.63) is 29.8 Å². The number of piperidine rings is 1. The van der Waals surface area contributed by atoms with Crippen LogP contribution in [0.1, 0.15) is 51.0 Å². The predicted molar refractivity (Wildman–Crippen MR) is 111 cm³/mol. The summed E-state index contributed by atoms with van der Waals surface area (Å²) < 4.78 is 12.1. The van der Waals surface area contributed by atoms with E-state index in [2.05, 4.69) is 25.9 Å². The molecule has 0 amide bonds. The van der Waals surface area contributed by atoms with E-state index in [9.17, 15) is 4.79 Å². The molecule has 1 saturated heterocycles. The van der Waals surface area contributed by atoms with Crippen LogP contribution < -0.4 is 24.0 Å². The third kappa shape index (κ3) is 6.09. The molecule has 1 aliphatic carbocycles. The summed E-state index contributed by atoms with van der Waals surface area (Å²) in [6.45, 7) is 4.20. The topological polar surface area (TPSA) is 44.8 Å². The van der Waals surface area contributed by atoms with Gasteiger partial charge in [-0.3, -0.25) is 4.79 Å². The van der Waals surface area contributed by atoms with Gasteiger partial charge in [0, 0.05) is 17.7 Å². The van der Waals surface area contributed by atoms with Crippen molar-refractivity contribution in [3.8, 4) is 0 Å². The largest absolute Gasteiger partial charge is 1.00 e. The molecule has 1 heterocycles. The van der Waals surface area contributed by atoms with Crippen LogP contribution in [0.2, 0.25) is 0 Å². The molecule has 164 valence electrons. The van der Waals surface area contributed by atoms with Crippen molar-refractivity contribution in [2.45, 2.75) is 61.9 Å². The van der Waals surface area contributed by atoms with E-state index < -0.39 is 5.41 Å². The number of hydrogen-bond donors (Lipinski definition) is 0. The maximum Gasteiger partial charge on any atom is 0.316 e. The van der Waals surface area contributed by atoms with Gasteiger partial charge in [0.25, 0.3) is 0 Å². The van der Waals surface area contributed by atoms with Crippen LogP contribution in [0.3, 0.4) is 0 Å². The quantitative estimate of drug-likeness (QED) is 0.132. The summed E-state index contributed by atoms with van der Waals surface area (Å²) in [5, 5.41) is 0. The van der Waals surface area contributed by atoms with Crippen LogP contribution in [0.4, 0.5) is 0 Å². The summed E-state index contributed by atoms with van der Waals surface area (Å²) in [7, 11) is 5.97. The zero-order chi connectivity index (χ0) is 20.2. The van der Waals surface area contributed by atoms with Gasteiger partial charge >= 0.3 is 5.97 Å². The molecule has 0 radical (unpaired) electrons. The summed E-state index contributed by atoms with van der Waals surface area (Å²) in [6, 6.07) is 8.06. The molecule has 0 spiro atoms. The van der Waals surface area contributed by atoms with E-state index in [1.54, 1.807) is 0 Å². The van der Waals surface area contributed by atoms with E-state index >= 15 is 0 Å². The van der Waals surface area contributed by atoms with Crippen LogP contribution in [0.5, 0.6) is 0 Å². The summed E-state index contributed by atoms with van der Waals surface area (Å²) in [5.74, 6) is 0.287. The number of benzene rings is 1. The molecule has 3 rings (SSSR count). The second kappa shape index (κ2) is 10.8. The molecule has 1 aromatic rings. The van der Waals surface area contributed by atoms with Gasteiger partial charge in [0.2, 0.25) is 0 Å². The Kier molecular flexibility index (Phi) is 9.28. The van der Waals surface area contributed by atoms with Crippen LogP contribution in [-0.2, 0) is 24.2 Å². The minimum atomic E-state index is -0.594. The van der Waals surface area contributed by atoms with Crippen LogP contribution in [-0.4, -0.2) is 50.9 Å². The zero-order valence-corrected chi connectivity index (χ0v) is 21.0. The lowest BCUT2D eigenvalue weighted by Gasteiger charge is -2.39. The number of rotatable bonds is 7. The second-order valence-electron chi connectivity index (χ2n) is 9.01. The van der Waals surface area contributed by atoms with Gasteiger partial charge in [0.1, 0.15) is 6.10 Å². The van der Waals surface area contributed by atoms with Crippen molar-refractivity contribution >= 4 is 18.0 Å². The first kappa shape index (κ1) is 24.9. The Morgan fingerprint density at radius 3 is 2.21 bits per heavy atom. The first-order valence-corrected chi connectivity index (χ1v) is 11.1. The normalized spacial score (nSPS) is 21.9. The van der Waals surface area contributed by atoms with Gasteiger partial charge in [-0.05, 0) is 43.4 Å². The van der Waals surface area contributed by atoms with Crippen LogP contribution in [0, 0.1) is 5.92 Å². The molecule has 1 aromatic carbocycles. The molecule has 1 saturated carbocycles. The number of likely N-dealkylation sites (tertiary alicyclic amines) is 1. The number of quaternary nitrogens is 1. The Morgan fingerprint density at radius 2 is 1.66 bits per heavy atom. The lowest BCUT2D eigenvalue weighted by atomic mass is 9.71. The van der Waals surface area contributed by atoms with E-state index in [4.69, 9.17) is 9.07 Å². The smallest absolute Gasteiger partial charge is 0.316 e. The first-order valence-electron chi connectivity index (χ1n) is 10.4. The number of carbonyl (C=O) groups excluding carboxylic acids is 1. The number of ether oxygens (including phenoxy) is 1. The van der Waals surface area contributed by atoms with Crippen molar-refractivity contribution in [1.29, 1.82) is 0 Å². The highest BCUT2D eigenvalue weighted by molar-refractivity contribution is 7.94. The third-order valence-electron chi connectivity index (χ3n) is 6.63. The molecule has 7 heteroatoms. The van der Waals surface area contributed by atoms with Crippen molar-refractivity contribution in [2.75, 3.05) is 34.3 Å². The van der Waals surface area contributed by atoms with Crippen LogP contribution in [0.15, 0.2) is 29.2 Å². The van der Waals surface area contributed by atoms with E-state index in [-0.39, 0.29) is 36.0 Å². The monoisotopic (exact) mass is 535 g/mol. The Balaban J connectivity index is 0.00000300. The number of hydrogen-bond acceptors (Lipinski definition) is 5. The van der Waals surface area contributed by atoms with Gasteiger partial charge in [-0.25, -0.2) is 4.89 Å². The maximum atomic E-state index is 13.5. The number of carbonyl (C=O) groups is 1. The van der Waals surface area contributed by atoms with E-state index in [0.717, 1.165) is 53.7 Å². The summed E-state index contributed by atoms with van der Waals surface area (Å²) >= 11 is 1.17. The zero-order valence-electron chi connectivity index (χ0n) is 18.0. The summed E-state index contributed by atoms with van der Waals surface area (Å²) in [4.78, 5) is 19.1. The summed E-state index contributed by atoms with van der Waals surface area (Å²) in [5.41, 5.74) is 0.446. The third-order valence-corrected chi connectivity index (χ3v) is 7.30. The predicted octanol–water partition coefficient (Wildman–Crippen LogP) is 1.51. The Bertz CT molecular complexity index is 653. The van der Waals surface area contributed by atoms with Gasteiger partial charge < -0.3 is 33.2 Å². The number of esters is 1. The Labute approximate surface area is 196 Å². The van der Waals surface area contributed by atoms with Crippen molar-refractivity contribution < 1.29 is 47.2 Å². The molecule has 1 aliphatic heterocycles. The molecule has 0 aromatic heterocycles. The van der Waals surface area contributed by atoms with Crippen molar-refractivity contribution in [2.24, 2.45) is 5.92 Å². The average molecular weight is 535 g/mol. The van der Waals surface area contributed by atoms with Gasteiger partial charge in [-0.1, -0.05) is 25.0 Å². The van der Waals surface area contributed by atoms with Gasteiger partial charge in [0.15, 0.2) is 0 Å². The standard InChI is InChI=1S/C22H34NO4S.HI/c1-22(17-7-5-6-8-17,18-9-11-20(12-10-18)28-27-25-4)21(24)26-19-13-15-23(2,3)16-14-19;/h9-12,17,19H,5-8,13-16H2,1-4H3;1H/q+1;/p-1. The molecule has 2 fully saturated rings. The maximum absolute atomic E-state index is 13.5. The molecule has 0 N–H and O–H groups in total. The van der Waals surface area contributed by atoms with E-state index in [0.29, 0.717) is 5.92 Å². The van der Waals surface area contributed by atoms with Gasteiger partial charge in [0.05, 0.1) is 51.8 Å². The molecule has 1 unspecified atom stereocenters. The van der Waals surface area contributed by atoms with E-state index in [1.165, 1.54) is 32.0 Å². The van der Waals surface area contributed by atoms with Crippen LogP contribution >= 0.6 is 12.0 Å². The minimum Gasteiger partial charge on any atom is -1.00 e. The molecule has 1 atom stereocenters. The lowest BCUT2D eigenvalue weighted by Crippen LogP contribution is -3.00. The van der Waals surface area contributed by atoms with Gasteiger partial charge in [-0.2, -0.15) is 4.33 Å². The Hall–Kier alpha value is -0.350. The van der Waals surface area contributed by atoms with Crippen molar-refractivity contribution in [1.82, 2.24) is 0 Å². The van der Waals surface area contributed by atoms with Crippen molar-refractivity contribution in [3.63, 3.8) is 0 Å². The molecule has 5 nitrogen and oxygen atoms in total. The average Bonchev–Trinajstić information content (AvgIpc) is 3.23. The number of halogens is 1.